The van der Waals surface area contributed by atoms with Gasteiger partial charge in [0, 0.05) is 12.3 Å². The number of hydrogen-bond acceptors (Lipinski definition) is 6. The van der Waals surface area contributed by atoms with E-state index in [0.717, 1.165) is 0 Å². The fourth-order valence-electron chi connectivity index (χ4n) is 0.691. The predicted octanol–water partition coefficient (Wildman–Crippen LogP) is 0.750. The molecule has 0 bridgehead atoms. The summed E-state index contributed by atoms with van der Waals surface area (Å²) in [6.07, 6.45) is 1.57. The molecule has 0 aliphatic rings. The molecule has 0 aromatic carbocycles. The number of nitrogens with zero attached hydrogens (tertiary/aromatic N) is 2. The summed E-state index contributed by atoms with van der Waals surface area (Å²) < 4.78 is 9.39. The van der Waals surface area contributed by atoms with Crippen molar-refractivity contribution in [1.82, 2.24) is 9.97 Å². The SMILES string of the molecule is COC(=O)CSc1nccc(OC)n1. The Morgan fingerprint density at radius 2 is 2.36 bits per heavy atom. The second-order valence-corrected chi connectivity index (χ2v) is 3.19. The first-order chi connectivity index (χ1) is 6.76. The summed E-state index contributed by atoms with van der Waals surface area (Å²) in [7, 11) is 2.87. The van der Waals surface area contributed by atoms with Crippen LogP contribution < -0.4 is 4.74 Å². The summed E-state index contributed by atoms with van der Waals surface area (Å²) in [5, 5.41) is 0.495. The zero-order valence-corrected chi connectivity index (χ0v) is 8.71. The van der Waals surface area contributed by atoms with E-state index in [1.54, 1.807) is 12.3 Å². The molecule has 0 saturated carbocycles. The zero-order chi connectivity index (χ0) is 10.4. The minimum Gasteiger partial charge on any atom is -0.481 e. The van der Waals surface area contributed by atoms with E-state index in [1.807, 2.05) is 0 Å². The molecule has 0 N–H and O–H groups in total. The second kappa shape index (κ2) is 5.43. The number of carbonyl (C=O) groups is 1. The van der Waals surface area contributed by atoms with Crippen LogP contribution in [0, 0.1) is 0 Å². The van der Waals surface area contributed by atoms with Gasteiger partial charge >= 0.3 is 5.97 Å². The Balaban J connectivity index is 2.54. The number of ether oxygens (including phenoxy) is 2. The van der Waals surface area contributed by atoms with Gasteiger partial charge in [-0.1, -0.05) is 11.8 Å². The van der Waals surface area contributed by atoms with Crippen LogP contribution in [0.1, 0.15) is 0 Å². The van der Waals surface area contributed by atoms with Crippen molar-refractivity contribution in [2.45, 2.75) is 5.16 Å². The van der Waals surface area contributed by atoms with Gasteiger partial charge in [-0.2, -0.15) is 4.98 Å². The van der Waals surface area contributed by atoms with Gasteiger partial charge in [0.05, 0.1) is 20.0 Å². The van der Waals surface area contributed by atoms with E-state index >= 15 is 0 Å². The van der Waals surface area contributed by atoms with E-state index in [-0.39, 0.29) is 11.7 Å². The van der Waals surface area contributed by atoms with E-state index in [9.17, 15) is 4.79 Å². The highest BCUT2D eigenvalue weighted by Gasteiger charge is 2.04. The van der Waals surface area contributed by atoms with Gasteiger partial charge < -0.3 is 9.47 Å². The van der Waals surface area contributed by atoms with Gasteiger partial charge in [0.15, 0.2) is 5.16 Å². The van der Waals surface area contributed by atoms with Gasteiger partial charge in [-0.05, 0) is 0 Å². The Hall–Kier alpha value is -1.30. The van der Waals surface area contributed by atoms with Crippen LogP contribution in [0.5, 0.6) is 5.88 Å². The highest BCUT2D eigenvalue weighted by atomic mass is 32.2. The Morgan fingerprint density at radius 1 is 1.57 bits per heavy atom. The zero-order valence-electron chi connectivity index (χ0n) is 7.89. The largest absolute Gasteiger partial charge is 0.481 e. The highest BCUT2D eigenvalue weighted by Crippen LogP contribution is 2.15. The van der Waals surface area contributed by atoms with Crippen LogP contribution in [-0.4, -0.2) is 35.9 Å². The minimum absolute atomic E-state index is 0.198. The fraction of sp³-hybridized carbons (Fsp3) is 0.375. The van der Waals surface area contributed by atoms with Crippen LogP contribution in [0.15, 0.2) is 17.4 Å². The molecule has 6 heteroatoms. The fourth-order valence-corrected chi connectivity index (χ4v) is 1.35. The van der Waals surface area contributed by atoms with Crippen molar-refractivity contribution in [2.75, 3.05) is 20.0 Å². The van der Waals surface area contributed by atoms with Gasteiger partial charge in [0.2, 0.25) is 5.88 Å². The number of carbonyl (C=O) groups excluding carboxylic acids is 1. The monoisotopic (exact) mass is 214 g/mol. The van der Waals surface area contributed by atoms with Gasteiger partial charge in [0.1, 0.15) is 0 Å². The van der Waals surface area contributed by atoms with Crippen LogP contribution >= 0.6 is 11.8 Å². The van der Waals surface area contributed by atoms with Crippen molar-refractivity contribution in [3.63, 3.8) is 0 Å². The Labute approximate surface area is 85.8 Å². The van der Waals surface area contributed by atoms with Crippen LogP contribution in [0.2, 0.25) is 0 Å². The Bertz CT molecular complexity index is 319. The van der Waals surface area contributed by atoms with Crippen LogP contribution in [0.25, 0.3) is 0 Å². The molecule has 0 unspecified atom stereocenters. The third kappa shape index (κ3) is 3.21. The average Bonchev–Trinajstić information content (AvgIpc) is 2.26. The van der Waals surface area contributed by atoms with Gasteiger partial charge in [-0.15, -0.1) is 0 Å². The molecule has 0 amide bonds. The molecule has 0 aliphatic carbocycles. The van der Waals surface area contributed by atoms with Crippen LogP contribution in [0.3, 0.4) is 0 Å². The molecule has 14 heavy (non-hydrogen) atoms. The molecule has 0 saturated heterocycles. The lowest BCUT2D eigenvalue weighted by Gasteiger charge is -2.00. The van der Waals surface area contributed by atoms with Crippen molar-refractivity contribution in [3.8, 4) is 5.88 Å². The van der Waals surface area contributed by atoms with Crippen molar-refractivity contribution in [2.24, 2.45) is 0 Å². The molecule has 1 aromatic heterocycles. The molecule has 1 rings (SSSR count). The Kier molecular flexibility index (Phi) is 4.18. The van der Waals surface area contributed by atoms with E-state index in [4.69, 9.17) is 4.74 Å². The summed E-state index contributed by atoms with van der Waals surface area (Å²) in [6.45, 7) is 0. The predicted molar refractivity (Wildman–Crippen MR) is 51.3 cm³/mol. The first kappa shape index (κ1) is 10.8. The van der Waals surface area contributed by atoms with Crippen LogP contribution in [0.4, 0.5) is 0 Å². The molecule has 76 valence electrons. The second-order valence-electron chi connectivity index (χ2n) is 2.25. The van der Waals surface area contributed by atoms with Gasteiger partial charge in [0.25, 0.3) is 0 Å². The number of esters is 1. The first-order valence-electron chi connectivity index (χ1n) is 3.83. The maximum absolute atomic E-state index is 10.8. The van der Waals surface area contributed by atoms with Crippen molar-refractivity contribution >= 4 is 17.7 Å². The lowest BCUT2D eigenvalue weighted by Crippen LogP contribution is -2.03. The van der Waals surface area contributed by atoms with Gasteiger partial charge in [-0.25, -0.2) is 4.98 Å². The van der Waals surface area contributed by atoms with Gasteiger partial charge in [-0.3, -0.25) is 4.79 Å². The third-order valence-corrected chi connectivity index (χ3v) is 2.20. The average molecular weight is 214 g/mol. The molecule has 0 fully saturated rings. The maximum atomic E-state index is 10.8. The topological polar surface area (TPSA) is 61.3 Å². The Morgan fingerprint density at radius 3 is 3.00 bits per heavy atom. The molecule has 5 nitrogen and oxygen atoms in total. The molecular weight excluding hydrogens is 204 g/mol. The van der Waals surface area contributed by atoms with Crippen molar-refractivity contribution < 1.29 is 14.3 Å². The normalized spacial score (nSPS) is 9.57. The number of rotatable bonds is 4. The van der Waals surface area contributed by atoms with E-state index in [0.29, 0.717) is 11.0 Å². The number of hydrogen-bond donors (Lipinski definition) is 0. The number of methoxy groups -OCH3 is 2. The molecular formula is C8H10N2O3S. The van der Waals surface area contributed by atoms with Crippen LogP contribution in [-0.2, 0) is 9.53 Å². The summed E-state index contributed by atoms with van der Waals surface area (Å²) in [4.78, 5) is 18.8. The summed E-state index contributed by atoms with van der Waals surface area (Å²) >= 11 is 1.21. The summed E-state index contributed by atoms with van der Waals surface area (Å²) in [5.74, 6) is 0.373. The molecule has 0 spiro atoms. The molecule has 1 heterocycles. The standard InChI is InChI=1S/C8H10N2O3S/c1-12-6-3-4-9-8(10-6)14-5-7(11)13-2/h3-4H,5H2,1-2H3. The maximum Gasteiger partial charge on any atom is 0.316 e. The molecule has 0 aliphatic heterocycles. The van der Waals surface area contributed by atoms with Crippen molar-refractivity contribution in [1.29, 1.82) is 0 Å². The smallest absolute Gasteiger partial charge is 0.316 e. The lowest BCUT2D eigenvalue weighted by molar-refractivity contribution is -0.137. The van der Waals surface area contributed by atoms with E-state index in [2.05, 4.69) is 14.7 Å². The lowest BCUT2D eigenvalue weighted by atomic mass is 10.6. The van der Waals surface area contributed by atoms with Crippen molar-refractivity contribution in [3.05, 3.63) is 12.3 Å². The highest BCUT2D eigenvalue weighted by molar-refractivity contribution is 7.99. The third-order valence-electron chi connectivity index (χ3n) is 1.36. The van der Waals surface area contributed by atoms with E-state index < -0.39 is 0 Å². The van der Waals surface area contributed by atoms with E-state index in [1.165, 1.54) is 26.0 Å². The minimum atomic E-state index is -0.304. The quantitative estimate of drug-likeness (QED) is 0.419. The summed E-state index contributed by atoms with van der Waals surface area (Å²) in [6, 6.07) is 1.64. The molecule has 0 atom stereocenters. The first-order valence-corrected chi connectivity index (χ1v) is 4.81. The number of thioether (sulfide) groups is 1. The molecule has 0 radical (unpaired) electrons. The molecule has 1 aromatic rings. The summed E-state index contributed by atoms with van der Waals surface area (Å²) in [5.41, 5.74) is 0. The number of aromatic nitrogens is 2.